The molecule has 0 aromatic carbocycles. The van der Waals surface area contributed by atoms with Gasteiger partial charge in [0.2, 0.25) is 0 Å². The zero-order chi connectivity index (χ0) is 75.5. The van der Waals surface area contributed by atoms with Crippen LogP contribution in [0.1, 0.15) is 243 Å². The van der Waals surface area contributed by atoms with Crippen LogP contribution in [0.25, 0.3) is 0 Å². The summed E-state index contributed by atoms with van der Waals surface area (Å²) in [7, 11) is 0. The fourth-order valence-corrected chi connectivity index (χ4v) is 7.01. The molecule has 0 heterocycles. The standard InChI is InChI=1S/C22H46O7.C16H34O4.C14H30O3.C12H26O2.C10H22O.C8H18/c1-21(2)5-7-23-9-11-25-13-15-27-17-19-29-20-18-28-16-14-26-12-10-24-8-6-22(3)4;1-15(2)5-7-17-9-11-19-13-14-20-12-10-18-8-6-16(3)4;1-13(2)5-7-15-9-11-17-12-10-16-8-6-14(3)4;1-11(2)5-7-13-9-10-14-8-6-12(3)4;1-9(2)5-7-11-8-6-10(3)4;1-7(2)5-6-8(3)4/h21-22H,5-20H2,1-4H3;15-16H,5-14H2,1-4H3;13-14H,5-12H2,1-4H3;11-12H,5-10H2,1-4H3;9-10H,5-8H2,1-4H3;7-8H,5-6H2,1-4H3. The van der Waals surface area contributed by atoms with Gasteiger partial charge in [-0.1, -0.05) is 179 Å². The van der Waals surface area contributed by atoms with Crippen LogP contribution in [0.3, 0.4) is 0 Å². The molecule has 0 atom stereocenters. The Hall–Kier alpha value is -0.680. The molecule has 0 unspecified atom stereocenters. The highest BCUT2D eigenvalue weighted by molar-refractivity contribution is 4.52. The summed E-state index contributed by atoms with van der Waals surface area (Å²) in [6, 6.07) is 0. The lowest BCUT2D eigenvalue weighted by Gasteiger charge is -2.09. The highest BCUT2D eigenvalue weighted by Crippen LogP contribution is 2.10. The van der Waals surface area contributed by atoms with Gasteiger partial charge in [-0.15, -0.1) is 0 Å². The normalized spacial score (nSPS) is 11.6. The molecule has 606 valence electrons. The zero-order valence-corrected chi connectivity index (χ0v) is 70.4. The molecule has 0 rings (SSSR count). The van der Waals surface area contributed by atoms with Gasteiger partial charge in [0.05, 0.1) is 159 Å². The molecule has 0 aromatic rings. The van der Waals surface area contributed by atoms with Gasteiger partial charge in [0.15, 0.2) is 0 Å². The smallest absolute Gasteiger partial charge is 0.0701 e. The van der Waals surface area contributed by atoms with Crippen molar-refractivity contribution in [3.05, 3.63) is 0 Å². The van der Waals surface area contributed by atoms with Gasteiger partial charge in [0, 0.05) is 66.1 Å². The number of rotatable bonds is 69. The average molecular weight is 1430 g/mol. The van der Waals surface area contributed by atoms with Gasteiger partial charge in [0.25, 0.3) is 0 Å². The van der Waals surface area contributed by atoms with Crippen LogP contribution >= 0.6 is 0 Å². The lowest BCUT2D eigenvalue weighted by Crippen LogP contribution is -2.14. The highest BCUT2D eigenvalue weighted by Gasteiger charge is 2.03. The molecular formula is C82H176O17. The van der Waals surface area contributed by atoms with Gasteiger partial charge in [-0.05, 0) is 135 Å². The van der Waals surface area contributed by atoms with Gasteiger partial charge in [-0.2, -0.15) is 0 Å². The zero-order valence-electron chi connectivity index (χ0n) is 70.4. The van der Waals surface area contributed by atoms with E-state index in [4.69, 9.17) is 80.5 Å². The molecule has 99 heavy (non-hydrogen) atoms. The molecule has 0 fully saturated rings. The van der Waals surface area contributed by atoms with Gasteiger partial charge in [-0.25, -0.2) is 0 Å². The Kier molecular flexibility index (Phi) is 103. The molecule has 0 aromatic heterocycles. The Morgan fingerprint density at radius 3 is 0.222 bits per heavy atom. The van der Waals surface area contributed by atoms with Crippen LogP contribution in [0.5, 0.6) is 0 Å². The van der Waals surface area contributed by atoms with E-state index in [0.717, 1.165) is 166 Å². The van der Waals surface area contributed by atoms with E-state index in [9.17, 15) is 0 Å². The Balaban J connectivity index is -0.000000274. The third kappa shape index (κ3) is 137. The summed E-state index contributed by atoms with van der Waals surface area (Å²) in [6.45, 7) is 77.0. The lowest BCUT2D eigenvalue weighted by atomic mass is 10.0. The predicted molar refractivity (Wildman–Crippen MR) is 417 cm³/mol. The molecule has 0 radical (unpaired) electrons. The molecule has 17 nitrogen and oxygen atoms in total. The second kappa shape index (κ2) is 93.4. The van der Waals surface area contributed by atoms with E-state index in [1.54, 1.807) is 0 Å². The first kappa shape index (κ1) is 109. The van der Waals surface area contributed by atoms with Crippen LogP contribution in [0.15, 0.2) is 0 Å². The van der Waals surface area contributed by atoms with Crippen molar-refractivity contribution >= 4 is 0 Å². The topological polar surface area (TPSA) is 157 Å². The van der Waals surface area contributed by atoms with E-state index < -0.39 is 0 Å². The van der Waals surface area contributed by atoms with Crippen molar-refractivity contribution in [3.8, 4) is 0 Å². The van der Waals surface area contributed by atoms with E-state index in [2.05, 4.69) is 166 Å². The first-order valence-corrected chi connectivity index (χ1v) is 40.1. The second-order valence-electron chi connectivity index (χ2n) is 30.6. The first-order chi connectivity index (χ1) is 47.3. The molecule has 0 bridgehead atoms. The molecule has 0 aliphatic rings. The SMILES string of the molecule is CC(C)CCC(C)C.CC(C)CCOCCC(C)C.CC(C)CCOCCOCCC(C)C.CC(C)CCOCCOCCOCCC(C)C.CC(C)CCOCCOCCOCCOCCC(C)C.CC(C)CCOCCOCCOCCOCCOCCOCCOCCC(C)C. The maximum absolute atomic E-state index is 5.47. The minimum Gasteiger partial charge on any atom is -0.381 e. The predicted octanol–water partition coefficient (Wildman–Crippen LogP) is 18.8. The van der Waals surface area contributed by atoms with Crippen molar-refractivity contribution in [1.29, 1.82) is 0 Å². The summed E-state index contributed by atoms with van der Waals surface area (Å²) in [5, 5.41) is 0. The summed E-state index contributed by atoms with van der Waals surface area (Å²) >= 11 is 0. The fraction of sp³-hybridized carbons (Fsp3) is 1.00. The first-order valence-electron chi connectivity index (χ1n) is 40.1. The Morgan fingerprint density at radius 2 is 0.152 bits per heavy atom. The van der Waals surface area contributed by atoms with E-state index in [-0.39, 0.29) is 0 Å². The van der Waals surface area contributed by atoms with Crippen molar-refractivity contribution in [2.24, 2.45) is 71.0 Å². The largest absolute Gasteiger partial charge is 0.381 e. The van der Waals surface area contributed by atoms with Gasteiger partial charge >= 0.3 is 0 Å². The van der Waals surface area contributed by atoms with Crippen molar-refractivity contribution in [1.82, 2.24) is 0 Å². The molecule has 0 amide bonds. The Morgan fingerprint density at radius 1 is 0.0909 bits per heavy atom. The molecule has 0 saturated carbocycles. The molecular weight excluding hydrogens is 1260 g/mol. The second-order valence-corrected chi connectivity index (χ2v) is 30.6. The maximum Gasteiger partial charge on any atom is 0.0701 e. The molecule has 0 spiro atoms. The third-order valence-electron chi connectivity index (χ3n) is 14.2. The van der Waals surface area contributed by atoms with Crippen LogP contribution in [0.4, 0.5) is 0 Å². The van der Waals surface area contributed by atoms with Crippen LogP contribution < -0.4 is 0 Å². The molecule has 0 saturated heterocycles. The summed E-state index contributed by atoms with van der Waals surface area (Å²) in [4.78, 5) is 0. The summed E-state index contributed by atoms with van der Waals surface area (Å²) in [5.74, 6) is 8.98. The summed E-state index contributed by atoms with van der Waals surface area (Å²) < 4.78 is 92.5. The van der Waals surface area contributed by atoms with Crippen LogP contribution in [-0.2, 0) is 80.5 Å². The van der Waals surface area contributed by atoms with E-state index >= 15 is 0 Å². The molecule has 0 N–H and O–H groups in total. The van der Waals surface area contributed by atoms with Crippen molar-refractivity contribution in [2.45, 2.75) is 243 Å². The quantitative estimate of drug-likeness (QED) is 0.0529. The van der Waals surface area contributed by atoms with Gasteiger partial charge < -0.3 is 80.5 Å². The van der Waals surface area contributed by atoms with E-state index in [0.29, 0.717) is 181 Å². The Bertz CT molecular complexity index is 1260. The van der Waals surface area contributed by atoms with Crippen molar-refractivity contribution in [3.63, 3.8) is 0 Å². The van der Waals surface area contributed by atoms with Crippen molar-refractivity contribution in [2.75, 3.05) is 225 Å². The molecule has 17 heteroatoms. The molecule has 0 aliphatic carbocycles. The minimum absolute atomic E-state index is 0.561. The monoisotopic (exact) mass is 1430 g/mol. The van der Waals surface area contributed by atoms with Crippen molar-refractivity contribution < 1.29 is 80.5 Å². The highest BCUT2D eigenvalue weighted by atomic mass is 16.6. The number of hydrogen-bond acceptors (Lipinski definition) is 17. The van der Waals surface area contributed by atoms with Gasteiger partial charge in [0.1, 0.15) is 0 Å². The van der Waals surface area contributed by atoms with Gasteiger partial charge in [-0.3, -0.25) is 0 Å². The van der Waals surface area contributed by atoms with Crippen LogP contribution in [0, 0.1) is 71.0 Å². The molecule has 0 aliphatic heterocycles. The summed E-state index contributed by atoms with van der Waals surface area (Å²) in [6.07, 6.45) is 14.1. The lowest BCUT2D eigenvalue weighted by molar-refractivity contribution is -0.0209. The Labute approximate surface area is 616 Å². The number of ether oxygens (including phenoxy) is 17. The third-order valence-corrected chi connectivity index (χ3v) is 14.2. The minimum atomic E-state index is 0.561. The summed E-state index contributed by atoms with van der Waals surface area (Å²) in [5.41, 5.74) is 0. The van der Waals surface area contributed by atoms with E-state index in [1.807, 2.05) is 0 Å². The number of hydrogen-bond donors (Lipinski definition) is 0. The van der Waals surface area contributed by atoms with Crippen LogP contribution in [0.2, 0.25) is 0 Å². The average Bonchev–Trinajstić information content (AvgIpc) is 3.59. The maximum atomic E-state index is 5.47. The van der Waals surface area contributed by atoms with Crippen LogP contribution in [-0.4, -0.2) is 225 Å². The fourth-order valence-electron chi connectivity index (χ4n) is 7.01. The van der Waals surface area contributed by atoms with E-state index in [1.165, 1.54) is 25.7 Å².